The molecule has 1 N–H and O–H groups in total. The second kappa shape index (κ2) is 10.2. The first-order valence-corrected chi connectivity index (χ1v) is 9.40. The highest BCUT2D eigenvalue weighted by molar-refractivity contribution is 7.15. The van der Waals surface area contributed by atoms with Crippen LogP contribution in [0.15, 0.2) is 0 Å². The van der Waals surface area contributed by atoms with E-state index >= 15 is 0 Å². The molecule has 0 aliphatic rings. The molecule has 4 heteroatoms. The molecule has 0 bridgehead atoms. The Labute approximate surface area is 135 Å². The van der Waals surface area contributed by atoms with E-state index in [9.17, 15) is 0 Å². The van der Waals surface area contributed by atoms with Crippen LogP contribution in [-0.2, 0) is 13.0 Å². The largest absolute Gasteiger partial charge is 0.348 e. The molecule has 0 aliphatic heterocycles. The third-order valence-electron chi connectivity index (χ3n) is 3.61. The van der Waals surface area contributed by atoms with Gasteiger partial charge in [0.15, 0.2) is 5.13 Å². The minimum absolute atomic E-state index is 0.525. The van der Waals surface area contributed by atoms with Crippen molar-refractivity contribution in [2.75, 3.05) is 18.0 Å². The molecule has 0 fully saturated rings. The van der Waals surface area contributed by atoms with E-state index in [0.717, 1.165) is 26.1 Å². The zero-order valence-corrected chi connectivity index (χ0v) is 15.4. The molecule has 0 aliphatic carbocycles. The van der Waals surface area contributed by atoms with Crippen LogP contribution in [0.3, 0.4) is 0 Å². The van der Waals surface area contributed by atoms with E-state index in [0.29, 0.717) is 6.04 Å². The van der Waals surface area contributed by atoms with Crippen LogP contribution in [0, 0.1) is 0 Å². The number of hydrogen-bond acceptors (Lipinski definition) is 4. The topological polar surface area (TPSA) is 28.2 Å². The van der Waals surface area contributed by atoms with Gasteiger partial charge in [-0.15, -0.1) is 11.3 Å². The Bertz CT molecular complexity index is 379. The summed E-state index contributed by atoms with van der Waals surface area (Å²) >= 11 is 1.89. The lowest BCUT2D eigenvalue weighted by atomic mass is 10.2. The second-order valence-corrected chi connectivity index (χ2v) is 7.01. The molecule has 3 nitrogen and oxygen atoms in total. The molecule has 0 spiro atoms. The van der Waals surface area contributed by atoms with Crippen molar-refractivity contribution < 1.29 is 0 Å². The highest BCUT2D eigenvalue weighted by Crippen LogP contribution is 2.27. The Morgan fingerprint density at radius 3 is 2.19 bits per heavy atom. The summed E-state index contributed by atoms with van der Waals surface area (Å²) in [6.07, 6.45) is 6.03. The fourth-order valence-corrected chi connectivity index (χ4v) is 3.37. The SMILES string of the molecule is CCCCN(CCCC)c1nc(CC)c(CNC(C)C)s1. The number of nitrogens with one attached hydrogen (secondary N) is 1. The van der Waals surface area contributed by atoms with Crippen molar-refractivity contribution in [3.05, 3.63) is 10.6 Å². The van der Waals surface area contributed by atoms with Crippen molar-refractivity contribution in [2.24, 2.45) is 0 Å². The van der Waals surface area contributed by atoms with E-state index in [-0.39, 0.29) is 0 Å². The highest BCUT2D eigenvalue weighted by atomic mass is 32.1. The molecule has 1 aromatic heterocycles. The zero-order chi connectivity index (χ0) is 15.7. The van der Waals surface area contributed by atoms with Gasteiger partial charge in [0, 0.05) is 30.6 Å². The quantitative estimate of drug-likeness (QED) is 0.647. The Hall–Kier alpha value is -0.610. The molecule has 0 amide bonds. The van der Waals surface area contributed by atoms with Gasteiger partial charge < -0.3 is 10.2 Å². The molecule has 0 radical (unpaired) electrons. The van der Waals surface area contributed by atoms with Gasteiger partial charge in [0.1, 0.15) is 0 Å². The lowest BCUT2D eigenvalue weighted by molar-refractivity contribution is 0.590. The van der Waals surface area contributed by atoms with Crippen molar-refractivity contribution in [3.8, 4) is 0 Å². The molecule has 0 saturated heterocycles. The summed E-state index contributed by atoms with van der Waals surface area (Å²) in [6.45, 7) is 14.4. The predicted molar refractivity (Wildman–Crippen MR) is 95.5 cm³/mol. The number of nitrogens with zero attached hydrogens (tertiary/aromatic N) is 2. The third-order valence-corrected chi connectivity index (χ3v) is 4.76. The third kappa shape index (κ3) is 6.35. The molecule has 21 heavy (non-hydrogen) atoms. The van der Waals surface area contributed by atoms with Crippen molar-refractivity contribution in [1.29, 1.82) is 0 Å². The van der Waals surface area contributed by atoms with Gasteiger partial charge in [0.2, 0.25) is 0 Å². The Balaban J connectivity index is 2.80. The summed E-state index contributed by atoms with van der Waals surface area (Å²) in [7, 11) is 0. The van der Waals surface area contributed by atoms with Gasteiger partial charge in [-0.2, -0.15) is 0 Å². The summed E-state index contributed by atoms with van der Waals surface area (Å²) in [4.78, 5) is 8.83. The van der Waals surface area contributed by atoms with E-state index in [4.69, 9.17) is 4.98 Å². The lowest BCUT2D eigenvalue weighted by Gasteiger charge is -2.21. The first-order chi connectivity index (χ1) is 10.1. The molecule has 0 aromatic carbocycles. The maximum Gasteiger partial charge on any atom is 0.185 e. The molecule has 1 rings (SSSR count). The van der Waals surface area contributed by atoms with Crippen molar-refractivity contribution in [3.63, 3.8) is 0 Å². The first kappa shape index (κ1) is 18.4. The molecule has 0 unspecified atom stereocenters. The molecule has 0 saturated carbocycles. The highest BCUT2D eigenvalue weighted by Gasteiger charge is 2.15. The number of anilines is 1. The molecule has 122 valence electrons. The molecule has 1 aromatic rings. The normalized spacial score (nSPS) is 11.3. The average molecular weight is 312 g/mol. The standard InChI is InChI=1S/C17H33N3S/c1-6-9-11-20(12-10-7-2)17-19-15(8-3)16(21-17)13-18-14(4)5/h14,18H,6-13H2,1-5H3. The second-order valence-electron chi connectivity index (χ2n) is 5.95. The minimum atomic E-state index is 0.525. The number of unbranched alkanes of at least 4 members (excludes halogenated alkanes) is 2. The van der Waals surface area contributed by atoms with Crippen LogP contribution in [0.1, 0.15) is 70.9 Å². The maximum atomic E-state index is 4.92. The van der Waals surface area contributed by atoms with Crippen LogP contribution in [0.25, 0.3) is 0 Å². The molecule has 0 atom stereocenters. The van der Waals surface area contributed by atoms with Crippen LogP contribution in [0.5, 0.6) is 0 Å². The fraction of sp³-hybridized carbons (Fsp3) is 0.824. The van der Waals surface area contributed by atoms with Gasteiger partial charge in [-0.1, -0.05) is 47.5 Å². The predicted octanol–water partition coefficient (Wildman–Crippen LogP) is 4.61. The van der Waals surface area contributed by atoms with Crippen molar-refractivity contribution in [2.45, 2.75) is 79.3 Å². The number of rotatable bonds is 11. The average Bonchev–Trinajstić information content (AvgIpc) is 2.88. The summed E-state index contributed by atoms with van der Waals surface area (Å²) in [5.41, 5.74) is 1.28. The Morgan fingerprint density at radius 2 is 1.71 bits per heavy atom. The van der Waals surface area contributed by atoms with Crippen molar-refractivity contribution >= 4 is 16.5 Å². The van der Waals surface area contributed by atoms with Gasteiger partial charge in [-0.25, -0.2) is 4.98 Å². The van der Waals surface area contributed by atoms with E-state index in [2.05, 4.69) is 44.8 Å². The smallest absolute Gasteiger partial charge is 0.185 e. The fourth-order valence-electron chi connectivity index (χ4n) is 2.22. The number of aromatic nitrogens is 1. The summed E-state index contributed by atoms with van der Waals surface area (Å²) in [5, 5.41) is 4.76. The number of thiazole rings is 1. The van der Waals surface area contributed by atoms with Crippen LogP contribution in [0.2, 0.25) is 0 Å². The Kier molecular flexibility index (Phi) is 8.93. The van der Waals surface area contributed by atoms with Crippen LogP contribution >= 0.6 is 11.3 Å². The molecular weight excluding hydrogens is 278 g/mol. The van der Waals surface area contributed by atoms with Crippen LogP contribution in [0.4, 0.5) is 5.13 Å². The van der Waals surface area contributed by atoms with Crippen LogP contribution in [-0.4, -0.2) is 24.1 Å². The minimum Gasteiger partial charge on any atom is -0.348 e. The molecular formula is C17H33N3S. The van der Waals surface area contributed by atoms with Gasteiger partial charge in [0.25, 0.3) is 0 Å². The van der Waals surface area contributed by atoms with E-state index in [1.54, 1.807) is 0 Å². The summed E-state index contributed by atoms with van der Waals surface area (Å²) < 4.78 is 0. The number of aryl methyl sites for hydroxylation is 1. The van der Waals surface area contributed by atoms with E-state index in [1.165, 1.54) is 41.4 Å². The summed E-state index contributed by atoms with van der Waals surface area (Å²) in [6, 6.07) is 0.525. The summed E-state index contributed by atoms with van der Waals surface area (Å²) in [5.74, 6) is 0. The first-order valence-electron chi connectivity index (χ1n) is 8.59. The van der Waals surface area contributed by atoms with Crippen LogP contribution < -0.4 is 10.2 Å². The monoisotopic (exact) mass is 311 g/mol. The molecule has 1 heterocycles. The van der Waals surface area contributed by atoms with Gasteiger partial charge in [-0.05, 0) is 19.3 Å². The van der Waals surface area contributed by atoms with Gasteiger partial charge in [-0.3, -0.25) is 0 Å². The zero-order valence-electron chi connectivity index (χ0n) is 14.5. The Morgan fingerprint density at radius 1 is 1.10 bits per heavy atom. The van der Waals surface area contributed by atoms with E-state index < -0.39 is 0 Å². The van der Waals surface area contributed by atoms with Gasteiger partial charge >= 0.3 is 0 Å². The van der Waals surface area contributed by atoms with Gasteiger partial charge in [0.05, 0.1) is 5.69 Å². The number of hydrogen-bond donors (Lipinski definition) is 1. The lowest BCUT2D eigenvalue weighted by Crippen LogP contribution is -2.25. The van der Waals surface area contributed by atoms with E-state index in [1.807, 2.05) is 11.3 Å². The van der Waals surface area contributed by atoms with Crippen molar-refractivity contribution in [1.82, 2.24) is 10.3 Å². The maximum absolute atomic E-state index is 4.92.